The smallest absolute Gasteiger partial charge is 0.449 e. The van der Waals surface area contributed by atoms with Crippen molar-refractivity contribution in [3.05, 3.63) is 59.7 Å². The van der Waals surface area contributed by atoms with E-state index in [2.05, 4.69) is 69.5 Å². The van der Waals surface area contributed by atoms with E-state index in [1.807, 2.05) is 24.3 Å². The minimum Gasteiger partial charge on any atom is -0.449 e. The van der Waals surface area contributed by atoms with Crippen molar-refractivity contribution < 1.29 is 23.6 Å². The molecule has 5 aliphatic rings. The second kappa shape index (κ2) is 10.2. The molecule has 1 heterocycles. The van der Waals surface area contributed by atoms with Crippen molar-refractivity contribution in [2.24, 2.45) is 23.2 Å². The molecule has 7 rings (SSSR count). The molecule has 1 saturated heterocycles. The van der Waals surface area contributed by atoms with Gasteiger partial charge in [0.25, 0.3) is 0 Å². The Labute approximate surface area is 237 Å². The van der Waals surface area contributed by atoms with Crippen LogP contribution in [0.25, 0.3) is 11.1 Å². The number of carbonyl (C=O) groups is 2. The van der Waals surface area contributed by atoms with Crippen LogP contribution in [-0.4, -0.2) is 49.9 Å². The lowest BCUT2D eigenvalue weighted by atomic mass is 9.43. The van der Waals surface area contributed by atoms with Crippen LogP contribution in [0.3, 0.4) is 0 Å². The summed E-state index contributed by atoms with van der Waals surface area (Å²) in [5.74, 6) is 0.862. The summed E-state index contributed by atoms with van der Waals surface area (Å²) in [6.45, 7) is 11.1. The van der Waals surface area contributed by atoms with Crippen LogP contribution < -0.4 is 10.6 Å². The number of carbonyl (C=O) groups excluding carboxylic acids is 2. The molecule has 0 radical (unpaired) electrons. The molecule has 2 bridgehead atoms. The second-order valence-corrected chi connectivity index (χ2v) is 13.3. The summed E-state index contributed by atoms with van der Waals surface area (Å²) in [5.41, 5.74) is 4.58. The van der Waals surface area contributed by atoms with Gasteiger partial charge in [0.15, 0.2) is 0 Å². The van der Waals surface area contributed by atoms with Crippen LogP contribution in [0.15, 0.2) is 48.5 Å². The van der Waals surface area contributed by atoms with Crippen LogP contribution in [0.1, 0.15) is 70.9 Å². The largest absolute Gasteiger partial charge is 0.481 e. The van der Waals surface area contributed by atoms with Gasteiger partial charge < -0.3 is 24.7 Å². The van der Waals surface area contributed by atoms with Crippen LogP contribution in [0.2, 0.25) is 0 Å². The molecule has 8 heteroatoms. The first-order valence-electron chi connectivity index (χ1n) is 14.8. The topological polar surface area (TPSA) is 85.9 Å². The zero-order chi connectivity index (χ0) is 28.2. The predicted octanol–water partition coefficient (Wildman–Crippen LogP) is 5.32. The molecule has 4 fully saturated rings. The molecule has 4 aliphatic carbocycles. The number of hydrogen-bond donors (Lipinski definition) is 2. The number of ether oxygens (including phenoxy) is 1. The first kappa shape index (κ1) is 27.3. The maximum atomic E-state index is 13.0. The third kappa shape index (κ3) is 4.63. The molecular formula is C32H41BN2O5. The van der Waals surface area contributed by atoms with Gasteiger partial charge in [0.2, 0.25) is 5.91 Å². The van der Waals surface area contributed by atoms with E-state index in [-0.39, 0.29) is 48.0 Å². The molecule has 212 valence electrons. The zero-order valence-corrected chi connectivity index (χ0v) is 24.2. The van der Waals surface area contributed by atoms with Crippen LogP contribution in [0.4, 0.5) is 4.79 Å². The summed E-state index contributed by atoms with van der Waals surface area (Å²) in [4.78, 5) is 25.6. The average Bonchev–Trinajstić information content (AvgIpc) is 3.44. The van der Waals surface area contributed by atoms with Crippen molar-refractivity contribution in [1.29, 1.82) is 0 Å². The predicted molar refractivity (Wildman–Crippen MR) is 155 cm³/mol. The Morgan fingerprint density at radius 2 is 1.68 bits per heavy atom. The molecule has 0 spiro atoms. The number of alkyl carbamates (subject to hydrolysis) is 1. The zero-order valence-electron chi connectivity index (χ0n) is 24.2. The Bertz CT molecular complexity index is 1250. The second-order valence-electron chi connectivity index (χ2n) is 13.3. The maximum Gasteiger partial charge on any atom is 0.481 e. The van der Waals surface area contributed by atoms with Crippen LogP contribution in [0, 0.1) is 23.2 Å². The molecule has 0 unspecified atom stereocenters. The van der Waals surface area contributed by atoms with Gasteiger partial charge in [0.05, 0.1) is 24.2 Å². The highest BCUT2D eigenvalue weighted by Gasteiger charge is 2.68. The summed E-state index contributed by atoms with van der Waals surface area (Å²) in [5, 5.41) is 5.72. The molecule has 0 aromatic heterocycles. The van der Waals surface area contributed by atoms with Gasteiger partial charge in [-0.3, -0.25) is 4.79 Å². The standard InChI is InChI=1S/C32H41BN2O5/c1-19(2)14-28(33-39-27-16-20-15-26(31(20,3)4)32(27,5)40-33)35-29(36)17-34-30(37)38-18-25-23-12-8-6-10-21(23)22-11-7-9-13-24(22)25/h6-13,19-20,25-28H,14-18H2,1-5H3,(H,34,37)(H,35,36)/t20-,26-,27+,28-,32-/m0/s1. The highest BCUT2D eigenvalue weighted by molar-refractivity contribution is 6.47. The summed E-state index contributed by atoms with van der Waals surface area (Å²) in [7, 11) is -0.494. The van der Waals surface area contributed by atoms with E-state index in [0.29, 0.717) is 17.8 Å². The van der Waals surface area contributed by atoms with Crippen molar-refractivity contribution in [2.75, 3.05) is 13.2 Å². The fourth-order valence-corrected chi connectivity index (χ4v) is 7.88. The van der Waals surface area contributed by atoms with Gasteiger partial charge >= 0.3 is 13.2 Å². The summed E-state index contributed by atoms with van der Waals surface area (Å²) < 4.78 is 18.7. The molecule has 7 nitrogen and oxygen atoms in total. The molecule has 5 atom stereocenters. The van der Waals surface area contributed by atoms with Crippen molar-refractivity contribution in [2.45, 2.75) is 77.4 Å². The van der Waals surface area contributed by atoms with E-state index in [4.69, 9.17) is 14.0 Å². The summed E-state index contributed by atoms with van der Waals surface area (Å²) in [6.07, 6.45) is 2.36. The highest BCUT2D eigenvalue weighted by Crippen LogP contribution is 2.65. The van der Waals surface area contributed by atoms with Crippen LogP contribution in [0.5, 0.6) is 0 Å². The first-order chi connectivity index (χ1) is 19.1. The van der Waals surface area contributed by atoms with Crippen LogP contribution >= 0.6 is 0 Å². The molecular weight excluding hydrogens is 503 g/mol. The number of benzene rings is 2. The molecule has 2 aromatic carbocycles. The third-order valence-electron chi connectivity index (χ3n) is 10.1. The monoisotopic (exact) mass is 544 g/mol. The summed E-state index contributed by atoms with van der Waals surface area (Å²) in [6, 6.07) is 16.4. The highest BCUT2D eigenvalue weighted by atomic mass is 16.7. The SMILES string of the molecule is CC(C)C[C@H](NC(=O)CNC(=O)OCC1c2ccccc2-c2ccccc21)B1O[C@@H]2C[C@@H]3C[C@@H](C3(C)C)[C@]2(C)O1. The number of nitrogens with one attached hydrogen (secondary N) is 2. The molecule has 3 saturated carbocycles. The Balaban J connectivity index is 1.03. The minimum absolute atomic E-state index is 0.0278. The average molecular weight is 545 g/mol. The number of rotatable bonds is 8. The van der Waals surface area contributed by atoms with E-state index in [9.17, 15) is 9.59 Å². The third-order valence-corrected chi connectivity index (χ3v) is 10.1. The van der Waals surface area contributed by atoms with Crippen LogP contribution in [-0.2, 0) is 18.8 Å². The lowest BCUT2D eigenvalue weighted by molar-refractivity contribution is -0.199. The van der Waals surface area contributed by atoms with Crippen molar-refractivity contribution in [1.82, 2.24) is 10.6 Å². The quantitative estimate of drug-likeness (QED) is 0.440. The fraction of sp³-hybridized carbons (Fsp3) is 0.562. The lowest BCUT2D eigenvalue weighted by Crippen LogP contribution is -2.65. The molecule has 1 aliphatic heterocycles. The van der Waals surface area contributed by atoms with Gasteiger partial charge in [-0.1, -0.05) is 76.2 Å². The van der Waals surface area contributed by atoms with Crippen molar-refractivity contribution in [3.63, 3.8) is 0 Å². The van der Waals surface area contributed by atoms with Crippen molar-refractivity contribution >= 4 is 19.1 Å². The number of fused-ring (bicyclic) bond motifs is 3. The normalized spacial score (nSPS) is 28.2. The first-order valence-corrected chi connectivity index (χ1v) is 14.8. The van der Waals surface area contributed by atoms with E-state index in [0.717, 1.165) is 24.0 Å². The number of amides is 2. The van der Waals surface area contributed by atoms with Gasteiger partial charge in [-0.15, -0.1) is 0 Å². The van der Waals surface area contributed by atoms with Gasteiger partial charge in [-0.2, -0.15) is 0 Å². The molecule has 2 N–H and O–H groups in total. The Hall–Kier alpha value is -2.84. The maximum absolute atomic E-state index is 13.0. The summed E-state index contributed by atoms with van der Waals surface area (Å²) >= 11 is 0. The Morgan fingerprint density at radius 3 is 2.30 bits per heavy atom. The lowest BCUT2D eigenvalue weighted by Gasteiger charge is -2.64. The molecule has 2 amide bonds. The fourth-order valence-electron chi connectivity index (χ4n) is 7.88. The molecule has 40 heavy (non-hydrogen) atoms. The Morgan fingerprint density at radius 1 is 1.02 bits per heavy atom. The van der Waals surface area contributed by atoms with Gasteiger partial charge in [0, 0.05) is 5.92 Å². The molecule has 2 aromatic rings. The minimum atomic E-state index is -0.605. The van der Waals surface area contributed by atoms with E-state index < -0.39 is 13.2 Å². The number of hydrogen-bond acceptors (Lipinski definition) is 5. The van der Waals surface area contributed by atoms with Crippen molar-refractivity contribution in [3.8, 4) is 11.1 Å². The van der Waals surface area contributed by atoms with Gasteiger partial charge in [0.1, 0.15) is 6.61 Å². The van der Waals surface area contributed by atoms with Gasteiger partial charge in [-0.25, -0.2) is 4.79 Å². The van der Waals surface area contributed by atoms with E-state index in [1.165, 1.54) is 17.5 Å². The van der Waals surface area contributed by atoms with E-state index >= 15 is 0 Å². The van der Waals surface area contributed by atoms with Gasteiger partial charge in [-0.05, 0) is 71.6 Å². The van der Waals surface area contributed by atoms with E-state index in [1.54, 1.807) is 0 Å². The Kier molecular flexibility index (Phi) is 6.98.